The SMILES string of the molecule is CC1CC/C(=C\c2ccc3c(c2)OCO3)C(=O)O1. The van der Waals surface area contributed by atoms with Crippen molar-refractivity contribution in [2.75, 3.05) is 6.79 Å². The van der Waals surface area contributed by atoms with Gasteiger partial charge in [-0.2, -0.15) is 0 Å². The number of carbonyl (C=O) groups is 1. The van der Waals surface area contributed by atoms with E-state index in [1.165, 1.54) is 0 Å². The van der Waals surface area contributed by atoms with Gasteiger partial charge in [-0.05, 0) is 43.5 Å². The molecular formula is C14H14O4. The lowest BCUT2D eigenvalue weighted by Crippen LogP contribution is -2.22. The fourth-order valence-corrected chi connectivity index (χ4v) is 2.11. The van der Waals surface area contributed by atoms with E-state index in [-0.39, 0.29) is 18.9 Å². The molecule has 3 rings (SSSR count). The number of hydrogen-bond donors (Lipinski definition) is 0. The predicted molar refractivity (Wildman–Crippen MR) is 65.3 cm³/mol. The molecule has 2 aliphatic rings. The average molecular weight is 246 g/mol. The maximum Gasteiger partial charge on any atom is 0.334 e. The monoisotopic (exact) mass is 246 g/mol. The molecule has 0 aromatic heterocycles. The van der Waals surface area contributed by atoms with Crippen LogP contribution in [0.4, 0.5) is 0 Å². The first-order valence-electron chi connectivity index (χ1n) is 6.03. The van der Waals surface area contributed by atoms with Gasteiger partial charge in [0.1, 0.15) is 0 Å². The second-order valence-corrected chi connectivity index (χ2v) is 4.54. The first-order chi connectivity index (χ1) is 8.72. The minimum Gasteiger partial charge on any atom is -0.459 e. The smallest absolute Gasteiger partial charge is 0.334 e. The first kappa shape index (κ1) is 11.1. The molecule has 2 heterocycles. The van der Waals surface area contributed by atoms with Crippen molar-refractivity contribution in [3.8, 4) is 11.5 Å². The summed E-state index contributed by atoms with van der Waals surface area (Å²) in [6.45, 7) is 2.17. The second kappa shape index (κ2) is 4.37. The van der Waals surface area contributed by atoms with Crippen molar-refractivity contribution >= 4 is 12.0 Å². The van der Waals surface area contributed by atoms with E-state index < -0.39 is 0 Å². The number of cyclic esters (lactones) is 1. The highest BCUT2D eigenvalue weighted by atomic mass is 16.7. The lowest BCUT2D eigenvalue weighted by atomic mass is 10.0. The summed E-state index contributed by atoms with van der Waals surface area (Å²) in [5.41, 5.74) is 1.65. The molecule has 1 aromatic rings. The van der Waals surface area contributed by atoms with E-state index in [4.69, 9.17) is 14.2 Å². The Morgan fingerprint density at radius 3 is 2.94 bits per heavy atom. The standard InChI is InChI=1S/C14H14O4/c1-9-2-4-11(14(15)18-9)6-10-3-5-12-13(7-10)17-8-16-12/h3,5-7,9H,2,4,8H2,1H3/b11-6+. The van der Waals surface area contributed by atoms with Gasteiger partial charge < -0.3 is 14.2 Å². The summed E-state index contributed by atoms with van der Waals surface area (Å²) < 4.78 is 15.7. The molecule has 0 N–H and O–H groups in total. The Morgan fingerprint density at radius 2 is 2.11 bits per heavy atom. The van der Waals surface area contributed by atoms with Crippen molar-refractivity contribution < 1.29 is 19.0 Å². The van der Waals surface area contributed by atoms with E-state index in [0.717, 1.165) is 29.9 Å². The van der Waals surface area contributed by atoms with Crippen LogP contribution in [-0.2, 0) is 9.53 Å². The van der Waals surface area contributed by atoms with Crippen LogP contribution in [0.5, 0.6) is 11.5 Å². The van der Waals surface area contributed by atoms with Gasteiger partial charge in [0.2, 0.25) is 6.79 Å². The maximum atomic E-state index is 11.7. The molecule has 0 aliphatic carbocycles. The summed E-state index contributed by atoms with van der Waals surface area (Å²) in [5.74, 6) is 1.25. The van der Waals surface area contributed by atoms with Crippen molar-refractivity contribution in [1.82, 2.24) is 0 Å². The van der Waals surface area contributed by atoms with Crippen LogP contribution in [0.25, 0.3) is 6.08 Å². The van der Waals surface area contributed by atoms with E-state index in [1.54, 1.807) is 0 Å². The van der Waals surface area contributed by atoms with E-state index >= 15 is 0 Å². The molecule has 1 atom stereocenters. The van der Waals surface area contributed by atoms with E-state index in [9.17, 15) is 4.79 Å². The van der Waals surface area contributed by atoms with Crippen molar-refractivity contribution in [3.63, 3.8) is 0 Å². The van der Waals surface area contributed by atoms with Crippen LogP contribution in [0.1, 0.15) is 25.3 Å². The Kier molecular flexibility index (Phi) is 2.70. The molecule has 4 heteroatoms. The molecule has 2 aliphatic heterocycles. The van der Waals surface area contributed by atoms with Crippen molar-refractivity contribution in [2.24, 2.45) is 0 Å². The lowest BCUT2D eigenvalue weighted by molar-refractivity contribution is -0.146. The quantitative estimate of drug-likeness (QED) is 0.564. The van der Waals surface area contributed by atoms with Crippen molar-refractivity contribution in [3.05, 3.63) is 29.3 Å². The molecule has 0 saturated carbocycles. The number of benzene rings is 1. The molecule has 94 valence electrons. The topological polar surface area (TPSA) is 44.8 Å². The largest absolute Gasteiger partial charge is 0.459 e. The van der Waals surface area contributed by atoms with Gasteiger partial charge >= 0.3 is 5.97 Å². The minimum absolute atomic E-state index is 0.0198. The second-order valence-electron chi connectivity index (χ2n) is 4.54. The average Bonchev–Trinajstić information content (AvgIpc) is 2.80. The Labute approximate surface area is 105 Å². The van der Waals surface area contributed by atoms with Gasteiger partial charge in [0.15, 0.2) is 11.5 Å². The van der Waals surface area contributed by atoms with Crippen LogP contribution in [-0.4, -0.2) is 18.9 Å². The number of fused-ring (bicyclic) bond motifs is 1. The Bertz CT molecular complexity index is 519. The highest BCUT2D eigenvalue weighted by Gasteiger charge is 2.22. The molecule has 0 amide bonds. The third-order valence-electron chi connectivity index (χ3n) is 3.13. The van der Waals surface area contributed by atoms with E-state index in [1.807, 2.05) is 31.2 Å². The van der Waals surface area contributed by atoms with E-state index in [2.05, 4.69) is 0 Å². The number of carbonyl (C=O) groups excluding carboxylic acids is 1. The zero-order chi connectivity index (χ0) is 12.5. The predicted octanol–water partition coefficient (Wildman–Crippen LogP) is 2.52. The molecule has 1 saturated heterocycles. The third-order valence-corrected chi connectivity index (χ3v) is 3.13. The molecule has 0 bridgehead atoms. The zero-order valence-electron chi connectivity index (χ0n) is 10.1. The minimum atomic E-state index is -0.216. The molecule has 1 unspecified atom stereocenters. The highest BCUT2D eigenvalue weighted by Crippen LogP contribution is 2.33. The third kappa shape index (κ3) is 2.06. The summed E-state index contributed by atoms with van der Waals surface area (Å²) >= 11 is 0. The number of esters is 1. The van der Waals surface area contributed by atoms with Crippen molar-refractivity contribution in [1.29, 1.82) is 0 Å². The van der Waals surface area contributed by atoms with Gasteiger partial charge in [-0.1, -0.05) is 6.07 Å². The Morgan fingerprint density at radius 1 is 1.28 bits per heavy atom. The summed E-state index contributed by atoms with van der Waals surface area (Å²) in [4.78, 5) is 11.7. The Balaban J connectivity index is 1.85. The molecule has 1 fully saturated rings. The van der Waals surface area contributed by atoms with Crippen molar-refractivity contribution in [2.45, 2.75) is 25.9 Å². The van der Waals surface area contributed by atoms with Crippen LogP contribution in [0.15, 0.2) is 23.8 Å². The molecule has 0 spiro atoms. The molecule has 18 heavy (non-hydrogen) atoms. The fourth-order valence-electron chi connectivity index (χ4n) is 2.11. The first-order valence-corrected chi connectivity index (χ1v) is 6.03. The molecular weight excluding hydrogens is 232 g/mol. The lowest BCUT2D eigenvalue weighted by Gasteiger charge is -2.20. The van der Waals surface area contributed by atoms with Crippen LogP contribution in [0.3, 0.4) is 0 Å². The van der Waals surface area contributed by atoms with Gasteiger partial charge in [-0.3, -0.25) is 0 Å². The summed E-state index contributed by atoms with van der Waals surface area (Å²) in [7, 11) is 0. The van der Waals surface area contributed by atoms with Gasteiger partial charge in [0, 0.05) is 5.57 Å². The number of hydrogen-bond acceptors (Lipinski definition) is 4. The molecule has 1 aromatic carbocycles. The van der Waals surface area contributed by atoms with Gasteiger partial charge in [-0.25, -0.2) is 4.79 Å². The van der Waals surface area contributed by atoms with Gasteiger partial charge in [0.25, 0.3) is 0 Å². The summed E-state index contributed by atoms with van der Waals surface area (Å²) in [6, 6.07) is 5.64. The summed E-state index contributed by atoms with van der Waals surface area (Å²) in [6.07, 6.45) is 3.51. The highest BCUT2D eigenvalue weighted by molar-refractivity contribution is 5.94. The van der Waals surface area contributed by atoms with Crippen LogP contribution in [0.2, 0.25) is 0 Å². The maximum absolute atomic E-state index is 11.7. The molecule has 0 radical (unpaired) electrons. The Hall–Kier alpha value is -1.97. The van der Waals surface area contributed by atoms with E-state index in [0.29, 0.717) is 5.57 Å². The molecule has 4 nitrogen and oxygen atoms in total. The fraction of sp³-hybridized carbons (Fsp3) is 0.357. The van der Waals surface area contributed by atoms with Crippen LogP contribution < -0.4 is 9.47 Å². The van der Waals surface area contributed by atoms with Crippen LogP contribution in [0, 0.1) is 0 Å². The van der Waals surface area contributed by atoms with Gasteiger partial charge in [0.05, 0.1) is 6.10 Å². The number of rotatable bonds is 1. The van der Waals surface area contributed by atoms with Crippen LogP contribution >= 0.6 is 0 Å². The normalized spacial score (nSPS) is 24.2. The van der Waals surface area contributed by atoms with Gasteiger partial charge in [-0.15, -0.1) is 0 Å². The zero-order valence-corrected chi connectivity index (χ0v) is 10.1. The summed E-state index contributed by atoms with van der Waals surface area (Å²) in [5, 5.41) is 0. The number of ether oxygens (including phenoxy) is 3.